The number of carbonyl (C=O) groups is 4. The number of aromatic hydroxyl groups is 1. The number of ether oxygens (including phenoxy) is 1. The number of nitrogens with zero attached hydrogens (tertiary/aromatic N) is 1. The van der Waals surface area contributed by atoms with E-state index >= 15 is 0 Å². The molecule has 12 nitrogen and oxygen atoms in total. The Morgan fingerprint density at radius 1 is 1.23 bits per heavy atom. The van der Waals surface area contributed by atoms with Crippen LogP contribution >= 0.6 is 0 Å². The van der Waals surface area contributed by atoms with Crippen molar-refractivity contribution in [2.45, 2.75) is 37.5 Å². The van der Waals surface area contributed by atoms with Crippen molar-refractivity contribution in [1.82, 2.24) is 10.2 Å². The van der Waals surface area contributed by atoms with Gasteiger partial charge in [0.1, 0.15) is 17.4 Å². The van der Waals surface area contributed by atoms with Crippen molar-refractivity contribution in [3.8, 4) is 18.1 Å². The summed E-state index contributed by atoms with van der Waals surface area (Å²) in [6.45, 7) is 1.72. The summed E-state index contributed by atoms with van der Waals surface area (Å²) in [5.74, 6) is -5.69. The van der Waals surface area contributed by atoms with Crippen LogP contribution in [-0.4, -0.2) is 86.8 Å². The molecule has 7 N–H and O–H groups in total. The lowest BCUT2D eigenvalue weighted by Gasteiger charge is -2.48. The van der Waals surface area contributed by atoms with Gasteiger partial charge in [0.25, 0.3) is 0 Å². The van der Waals surface area contributed by atoms with E-state index in [1.54, 1.807) is 4.90 Å². The summed E-state index contributed by atoms with van der Waals surface area (Å²) in [5, 5.41) is 46.8. The Morgan fingerprint density at radius 3 is 2.56 bits per heavy atom. The third-order valence-electron chi connectivity index (χ3n) is 8.36. The molecule has 4 aliphatic rings. The first-order chi connectivity index (χ1) is 18.5. The van der Waals surface area contributed by atoms with Crippen molar-refractivity contribution < 1.29 is 44.3 Å². The van der Waals surface area contributed by atoms with Gasteiger partial charge in [-0.25, -0.2) is 4.79 Å². The van der Waals surface area contributed by atoms with Crippen LogP contribution in [0.3, 0.4) is 0 Å². The molecule has 0 spiro atoms. The highest BCUT2D eigenvalue weighted by Gasteiger charge is 2.64. The number of phenols is 1. The molecule has 1 aromatic carbocycles. The van der Waals surface area contributed by atoms with Crippen molar-refractivity contribution >= 4 is 29.3 Å². The average molecular weight is 540 g/mol. The number of amides is 3. The van der Waals surface area contributed by atoms with Crippen molar-refractivity contribution in [2.24, 2.45) is 23.5 Å². The van der Waals surface area contributed by atoms with Crippen LogP contribution < -0.4 is 11.1 Å². The lowest BCUT2D eigenvalue weighted by Crippen LogP contribution is -2.66. The molecule has 2 unspecified atom stereocenters. The summed E-state index contributed by atoms with van der Waals surface area (Å²) in [6.07, 6.45) is 4.05. The number of hydrogen-bond donors (Lipinski definition) is 6. The molecule has 2 saturated carbocycles. The van der Waals surface area contributed by atoms with Crippen LogP contribution in [0.1, 0.15) is 35.1 Å². The standard InChI is InChI=1S/C27H29N3O9/c1-2-12-7-14(11-29-26(37)30-3-5-39-6-4-30)16-9-13-8-15-10-17(31)20(25(28)36)24(35)27(15,38)23(34)18(13)22(33)19(16)21(12)32/h1,7,13,15,17,20,31-33,38H,3-6,8-11H2,(H2,28,36)(H,29,37)/t13-,15+,17?,20?,27+/m1/s1. The molecule has 0 bridgehead atoms. The van der Waals surface area contributed by atoms with Gasteiger partial charge in [-0.3, -0.25) is 14.4 Å². The number of hydrogen-bond acceptors (Lipinski definition) is 9. The first kappa shape index (κ1) is 26.7. The number of nitrogens with two attached hydrogens (primary N) is 1. The van der Waals surface area contributed by atoms with Gasteiger partial charge in [0.05, 0.1) is 30.4 Å². The Kier molecular flexibility index (Phi) is 6.62. The highest BCUT2D eigenvalue weighted by Crippen LogP contribution is 2.52. The van der Waals surface area contributed by atoms with E-state index in [2.05, 4.69) is 11.2 Å². The van der Waals surface area contributed by atoms with Crippen LogP contribution in [0.15, 0.2) is 11.6 Å². The molecule has 0 radical (unpaired) electrons. The molecule has 1 saturated heterocycles. The highest BCUT2D eigenvalue weighted by molar-refractivity contribution is 6.24. The van der Waals surface area contributed by atoms with Crippen LogP contribution in [0.25, 0.3) is 5.76 Å². The fourth-order valence-electron chi connectivity index (χ4n) is 6.39. The van der Waals surface area contributed by atoms with Gasteiger partial charge < -0.3 is 41.1 Å². The highest BCUT2D eigenvalue weighted by atomic mass is 16.5. The van der Waals surface area contributed by atoms with Gasteiger partial charge in [-0.2, -0.15) is 0 Å². The fourth-order valence-corrected chi connectivity index (χ4v) is 6.39. The smallest absolute Gasteiger partial charge is 0.317 e. The van der Waals surface area contributed by atoms with E-state index in [4.69, 9.17) is 16.9 Å². The van der Waals surface area contributed by atoms with Crippen LogP contribution in [0, 0.1) is 30.1 Å². The number of primary amides is 1. The Balaban J connectivity index is 1.55. The number of nitrogens with one attached hydrogen (secondary N) is 1. The van der Waals surface area contributed by atoms with Crippen LogP contribution in [-0.2, 0) is 32.1 Å². The maximum Gasteiger partial charge on any atom is 0.317 e. The average Bonchev–Trinajstić information content (AvgIpc) is 2.90. The van der Waals surface area contributed by atoms with E-state index < -0.39 is 58.4 Å². The Morgan fingerprint density at radius 2 is 1.92 bits per heavy atom. The molecule has 206 valence electrons. The second-order valence-corrected chi connectivity index (χ2v) is 10.4. The van der Waals surface area contributed by atoms with Crippen molar-refractivity contribution in [3.05, 3.63) is 33.9 Å². The van der Waals surface area contributed by atoms with Gasteiger partial charge in [0.15, 0.2) is 11.4 Å². The number of aliphatic hydroxyl groups is 3. The minimum atomic E-state index is -2.66. The monoisotopic (exact) mass is 539 g/mol. The lowest BCUT2D eigenvalue weighted by molar-refractivity contribution is -0.174. The number of phenolic OH excluding ortho intramolecular Hbond substituents is 1. The third kappa shape index (κ3) is 4.05. The summed E-state index contributed by atoms with van der Waals surface area (Å²) in [7, 11) is 0. The number of morpholine rings is 1. The molecule has 5 atom stereocenters. The number of aliphatic hydroxyl groups excluding tert-OH is 2. The number of urea groups is 1. The predicted octanol–water partition coefficient (Wildman–Crippen LogP) is -0.888. The molecule has 0 aromatic heterocycles. The Labute approximate surface area is 223 Å². The van der Waals surface area contributed by atoms with Crippen molar-refractivity contribution in [1.29, 1.82) is 0 Å². The molecule has 3 amide bonds. The number of rotatable bonds is 3. The zero-order chi connectivity index (χ0) is 28.2. The molecule has 3 fully saturated rings. The number of fused-ring (bicyclic) bond motifs is 3. The molecule has 1 heterocycles. The van der Waals surface area contributed by atoms with Gasteiger partial charge >= 0.3 is 6.03 Å². The van der Waals surface area contributed by atoms with Gasteiger partial charge in [-0.1, -0.05) is 5.92 Å². The quantitative estimate of drug-likeness (QED) is 0.208. The van der Waals surface area contributed by atoms with Gasteiger partial charge in [-0.05, 0) is 42.4 Å². The lowest BCUT2D eigenvalue weighted by atomic mass is 9.56. The number of ketones is 2. The third-order valence-corrected chi connectivity index (χ3v) is 8.36. The molecule has 39 heavy (non-hydrogen) atoms. The molecule has 1 aliphatic heterocycles. The van der Waals surface area contributed by atoms with Crippen molar-refractivity contribution in [3.63, 3.8) is 0 Å². The first-order valence-electron chi connectivity index (χ1n) is 12.7. The van der Waals surface area contributed by atoms with E-state index in [0.717, 1.165) is 0 Å². The SMILES string of the molecule is C#Cc1cc(CNC(=O)N2CCOCC2)c2c(c1O)C(O)=C1C(=O)[C@]3(O)C(=O)C(C(N)=O)C(O)C[C@@H]3C[C@@H]1C2. The molecule has 5 rings (SSSR count). The van der Waals surface area contributed by atoms with Gasteiger partial charge in [-0.15, -0.1) is 6.42 Å². The molecule has 1 aromatic rings. The van der Waals surface area contributed by atoms with Crippen LogP contribution in [0.2, 0.25) is 0 Å². The Bertz CT molecular complexity index is 1360. The Hall–Kier alpha value is -3.92. The summed E-state index contributed by atoms with van der Waals surface area (Å²) >= 11 is 0. The summed E-state index contributed by atoms with van der Waals surface area (Å²) in [4.78, 5) is 52.9. The van der Waals surface area contributed by atoms with E-state index in [1.807, 2.05) is 0 Å². The van der Waals surface area contributed by atoms with E-state index in [9.17, 15) is 39.6 Å². The van der Waals surface area contributed by atoms with Crippen LogP contribution in [0.5, 0.6) is 5.75 Å². The summed E-state index contributed by atoms with van der Waals surface area (Å²) < 4.78 is 5.27. The molecular formula is C27H29N3O9. The summed E-state index contributed by atoms with van der Waals surface area (Å²) in [6, 6.07) is 1.20. The van der Waals surface area contributed by atoms with Gasteiger partial charge in [0.2, 0.25) is 11.7 Å². The normalized spacial score (nSPS) is 30.1. The largest absolute Gasteiger partial charge is 0.507 e. The zero-order valence-electron chi connectivity index (χ0n) is 21.0. The van der Waals surface area contributed by atoms with E-state index in [1.165, 1.54) is 6.07 Å². The topological polar surface area (TPSA) is 200 Å². The van der Waals surface area contributed by atoms with Crippen LogP contribution in [0.4, 0.5) is 4.79 Å². The number of terminal acetylenes is 1. The first-order valence-corrected chi connectivity index (χ1v) is 12.7. The molecular weight excluding hydrogens is 510 g/mol. The minimum Gasteiger partial charge on any atom is -0.507 e. The minimum absolute atomic E-state index is 0.0143. The predicted molar refractivity (Wildman–Crippen MR) is 134 cm³/mol. The zero-order valence-corrected chi connectivity index (χ0v) is 21.0. The maximum atomic E-state index is 13.6. The number of carbonyl (C=O) groups excluding carboxylic acids is 4. The second-order valence-electron chi connectivity index (χ2n) is 10.4. The van der Waals surface area contributed by atoms with E-state index in [-0.39, 0.29) is 48.5 Å². The van der Waals surface area contributed by atoms with Crippen molar-refractivity contribution in [2.75, 3.05) is 26.3 Å². The number of benzene rings is 1. The summed E-state index contributed by atoms with van der Waals surface area (Å²) in [5.41, 5.74) is 3.22. The fraction of sp³-hybridized carbons (Fsp3) is 0.481. The number of Topliss-reactive ketones (excluding diaryl/α,β-unsaturated/α-hetero) is 2. The molecule has 12 heteroatoms. The second kappa shape index (κ2) is 9.68. The van der Waals surface area contributed by atoms with E-state index in [0.29, 0.717) is 37.4 Å². The maximum absolute atomic E-state index is 13.6. The van der Waals surface area contributed by atoms with Gasteiger partial charge in [0, 0.05) is 31.1 Å². The molecule has 3 aliphatic carbocycles.